The molecule has 0 bridgehead atoms. The van der Waals surface area contributed by atoms with Crippen LogP contribution in [0.25, 0.3) is 10.8 Å². The van der Waals surface area contributed by atoms with E-state index < -0.39 is 0 Å². The normalized spacial score (nSPS) is 17.2. The number of amides is 1. The van der Waals surface area contributed by atoms with Crippen molar-refractivity contribution in [1.29, 1.82) is 0 Å². The van der Waals surface area contributed by atoms with Crippen molar-refractivity contribution in [3.05, 3.63) is 85.2 Å². The molecule has 2 aliphatic heterocycles. The number of methoxy groups -OCH3 is 1. The van der Waals surface area contributed by atoms with E-state index in [9.17, 15) is 4.79 Å². The van der Waals surface area contributed by atoms with E-state index in [1.807, 2.05) is 23.3 Å². The van der Waals surface area contributed by atoms with Crippen LogP contribution in [0.4, 0.5) is 28.7 Å². The van der Waals surface area contributed by atoms with Gasteiger partial charge in [-0.2, -0.15) is 0 Å². The Morgan fingerprint density at radius 2 is 1.84 bits per heavy atom. The van der Waals surface area contributed by atoms with E-state index in [1.165, 1.54) is 28.7 Å². The Morgan fingerprint density at radius 1 is 1.05 bits per heavy atom. The van der Waals surface area contributed by atoms with Gasteiger partial charge in [-0.3, -0.25) is 9.63 Å². The number of carbonyl (C=O) groups is 1. The molecular weight excluding hydrogens is 554 g/mol. The molecule has 228 valence electrons. The highest BCUT2D eigenvalue weighted by Crippen LogP contribution is 2.41. The lowest BCUT2D eigenvalue weighted by molar-refractivity contribution is -0.111. The zero-order valence-electron chi connectivity index (χ0n) is 25.5. The Hall–Kier alpha value is -4.67. The first kappa shape index (κ1) is 29.4. The average molecular weight is 594 g/mol. The maximum absolute atomic E-state index is 12.5. The standard InChI is InChI=1S/C34H39N7O3/c1-5-34(42)38-27-19-28(31(43-4)20-30(27)40-16-13-24(14-17-40)39(2)3)37-32-21-33(36-22-35-32)41-29(15-18-44-41)26-12-8-10-23-9-6-7-11-25(23)26/h5-12,19-22,24,29H,1,13-18H2,2-4H3,(H,38,42)(H,35,36,37)/t29-/m1/s1. The van der Waals surface area contributed by atoms with Crippen LogP contribution in [0.3, 0.4) is 0 Å². The first-order chi connectivity index (χ1) is 21.4. The van der Waals surface area contributed by atoms with Crippen LogP contribution in [0.2, 0.25) is 0 Å². The predicted octanol–water partition coefficient (Wildman–Crippen LogP) is 5.92. The minimum atomic E-state index is -0.277. The third-order valence-corrected chi connectivity index (χ3v) is 8.52. The summed E-state index contributed by atoms with van der Waals surface area (Å²) in [6.07, 6.45) is 5.71. The summed E-state index contributed by atoms with van der Waals surface area (Å²) in [7, 11) is 5.89. The summed E-state index contributed by atoms with van der Waals surface area (Å²) in [5.41, 5.74) is 3.45. The molecule has 0 saturated carbocycles. The number of carbonyl (C=O) groups excluding carboxylic acids is 1. The van der Waals surface area contributed by atoms with Crippen molar-refractivity contribution >= 4 is 45.4 Å². The highest BCUT2D eigenvalue weighted by molar-refractivity contribution is 6.02. The Bertz CT molecular complexity index is 1650. The minimum Gasteiger partial charge on any atom is -0.494 e. The van der Waals surface area contributed by atoms with E-state index >= 15 is 0 Å². The van der Waals surface area contributed by atoms with Crippen LogP contribution in [0.15, 0.2) is 79.6 Å². The lowest BCUT2D eigenvalue weighted by Crippen LogP contribution is -2.42. The number of nitrogens with one attached hydrogen (secondary N) is 2. The van der Waals surface area contributed by atoms with Crippen molar-refractivity contribution in [1.82, 2.24) is 14.9 Å². The Labute approximate surface area is 258 Å². The maximum atomic E-state index is 12.5. The molecule has 0 radical (unpaired) electrons. The van der Waals surface area contributed by atoms with Gasteiger partial charge < -0.3 is 25.2 Å². The SMILES string of the molecule is C=CC(=O)Nc1cc(Nc2cc(N3OCC[C@@H]3c3cccc4ccccc34)ncn2)c(OC)cc1N1CCC(N(C)C)CC1. The lowest BCUT2D eigenvalue weighted by atomic mass is 9.97. The molecule has 6 rings (SSSR count). The van der Waals surface area contributed by atoms with Gasteiger partial charge in [0.15, 0.2) is 5.82 Å². The average Bonchev–Trinajstić information content (AvgIpc) is 3.55. The van der Waals surface area contributed by atoms with E-state index in [4.69, 9.17) is 9.57 Å². The summed E-state index contributed by atoms with van der Waals surface area (Å²) in [4.78, 5) is 32.2. The third kappa shape index (κ3) is 6.04. The third-order valence-electron chi connectivity index (χ3n) is 8.52. The number of benzene rings is 3. The molecule has 0 aliphatic carbocycles. The van der Waals surface area contributed by atoms with Gasteiger partial charge in [0, 0.05) is 37.7 Å². The molecule has 2 N–H and O–H groups in total. The molecule has 2 aliphatic rings. The number of piperidine rings is 1. The Balaban J connectivity index is 1.29. The quantitative estimate of drug-likeness (QED) is 0.229. The number of rotatable bonds is 9. The van der Waals surface area contributed by atoms with Gasteiger partial charge in [-0.15, -0.1) is 0 Å². The molecule has 1 atom stereocenters. The summed E-state index contributed by atoms with van der Waals surface area (Å²) in [6, 6.07) is 21.0. The number of hydroxylamine groups is 1. The molecule has 2 fully saturated rings. The number of aromatic nitrogens is 2. The van der Waals surface area contributed by atoms with Crippen LogP contribution in [-0.2, 0) is 9.63 Å². The molecule has 3 heterocycles. The molecule has 44 heavy (non-hydrogen) atoms. The largest absolute Gasteiger partial charge is 0.494 e. The lowest BCUT2D eigenvalue weighted by Gasteiger charge is -2.37. The van der Waals surface area contributed by atoms with Crippen LogP contribution in [0, 0.1) is 0 Å². The molecule has 1 amide bonds. The molecular formula is C34H39N7O3. The number of hydrogen-bond donors (Lipinski definition) is 2. The van der Waals surface area contributed by atoms with Crippen LogP contribution >= 0.6 is 0 Å². The maximum Gasteiger partial charge on any atom is 0.247 e. The number of nitrogens with zero attached hydrogens (tertiary/aromatic N) is 5. The van der Waals surface area contributed by atoms with Crippen LogP contribution in [0.5, 0.6) is 5.75 Å². The summed E-state index contributed by atoms with van der Waals surface area (Å²) in [6.45, 7) is 5.98. The molecule has 3 aromatic carbocycles. The summed E-state index contributed by atoms with van der Waals surface area (Å²) < 4.78 is 5.83. The predicted molar refractivity (Wildman–Crippen MR) is 176 cm³/mol. The van der Waals surface area contributed by atoms with Gasteiger partial charge >= 0.3 is 0 Å². The highest BCUT2D eigenvalue weighted by Gasteiger charge is 2.30. The van der Waals surface area contributed by atoms with E-state index in [0.29, 0.717) is 41.4 Å². The Morgan fingerprint density at radius 3 is 2.61 bits per heavy atom. The fraction of sp³-hybridized carbons (Fsp3) is 0.324. The number of fused-ring (bicyclic) bond motifs is 1. The van der Waals surface area contributed by atoms with Crippen molar-refractivity contribution in [3.8, 4) is 5.75 Å². The molecule has 0 unspecified atom stereocenters. The van der Waals surface area contributed by atoms with Gasteiger partial charge in [0.2, 0.25) is 5.91 Å². The van der Waals surface area contributed by atoms with Gasteiger partial charge in [0.25, 0.3) is 0 Å². The topological polar surface area (TPSA) is 95.1 Å². The zero-order chi connectivity index (χ0) is 30.6. The molecule has 10 heteroatoms. The van der Waals surface area contributed by atoms with Crippen LogP contribution in [-0.4, -0.2) is 67.7 Å². The van der Waals surface area contributed by atoms with Crippen LogP contribution in [0.1, 0.15) is 30.9 Å². The van der Waals surface area contributed by atoms with Gasteiger partial charge in [0.05, 0.1) is 36.8 Å². The van der Waals surface area contributed by atoms with Crippen molar-refractivity contribution < 1.29 is 14.4 Å². The van der Waals surface area contributed by atoms with E-state index in [1.54, 1.807) is 7.11 Å². The zero-order valence-corrected chi connectivity index (χ0v) is 25.5. The van der Waals surface area contributed by atoms with Crippen LogP contribution < -0.4 is 25.3 Å². The fourth-order valence-electron chi connectivity index (χ4n) is 6.20. The van der Waals surface area contributed by atoms with Crippen molar-refractivity contribution in [2.45, 2.75) is 31.3 Å². The van der Waals surface area contributed by atoms with E-state index in [0.717, 1.165) is 38.0 Å². The van der Waals surface area contributed by atoms with Crippen molar-refractivity contribution in [3.63, 3.8) is 0 Å². The number of hydrogen-bond acceptors (Lipinski definition) is 9. The Kier molecular flexibility index (Phi) is 8.63. The van der Waals surface area contributed by atoms with Crippen molar-refractivity contribution in [2.75, 3.05) is 61.5 Å². The summed E-state index contributed by atoms with van der Waals surface area (Å²) in [5, 5.41) is 10.7. The fourth-order valence-corrected chi connectivity index (χ4v) is 6.20. The second-order valence-electron chi connectivity index (χ2n) is 11.4. The second kappa shape index (κ2) is 12.9. The number of ether oxygens (including phenoxy) is 1. The molecule has 1 aromatic heterocycles. The number of anilines is 5. The minimum absolute atomic E-state index is 0.00928. The molecule has 10 nitrogen and oxygen atoms in total. The first-order valence-electron chi connectivity index (χ1n) is 15.0. The summed E-state index contributed by atoms with van der Waals surface area (Å²) in [5.74, 6) is 1.58. The smallest absolute Gasteiger partial charge is 0.247 e. The van der Waals surface area contributed by atoms with Gasteiger partial charge in [0.1, 0.15) is 17.9 Å². The van der Waals surface area contributed by atoms with Gasteiger partial charge in [-0.1, -0.05) is 49.0 Å². The molecule has 4 aromatic rings. The highest BCUT2D eigenvalue weighted by atomic mass is 16.7. The first-order valence-corrected chi connectivity index (χ1v) is 15.0. The second-order valence-corrected chi connectivity index (χ2v) is 11.4. The monoisotopic (exact) mass is 593 g/mol. The summed E-state index contributed by atoms with van der Waals surface area (Å²) >= 11 is 0. The van der Waals surface area contributed by atoms with Gasteiger partial charge in [-0.25, -0.2) is 15.0 Å². The molecule has 0 spiro atoms. The van der Waals surface area contributed by atoms with E-state index in [-0.39, 0.29) is 11.9 Å². The van der Waals surface area contributed by atoms with Gasteiger partial charge in [-0.05, 0) is 55.4 Å². The van der Waals surface area contributed by atoms with E-state index in [2.05, 4.69) is 93.5 Å². The van der Waals surface area contributed by atoms with Crippen molar-refractivity contribution in [2.24, 2.45) is 0 Å². The molecule has 2 saturated heterocycles.